The van der Waals surface area contributed by atoms with Gasteiger partial charge in [0.05, 0.1) is 19.8 Å². The number of rotatable bonds is 4. The lowest BCUT2D eigenvalue weighted by Gasteiger charge is -2.24. The van der Waals surface area contributed by atoms with Crippen molar-refractivity contribution in [1.29, 1.82) is 0 Å². The highest BCUT2D eigenvalue weighted by molar-refractivity contribution is 4.98. The van der Waals surface area contributed by atoms with E-state index in [4.69, 9.17) is 4.74 Å². The summed E-state index contributed by atoms with van der Waals surface area (Å²) in [6.07, 6.45) is 1.89. The summed E-state index contributed by atoms with van der Waals surface area (Å²) < 4.78 is 5.68. The molecule has 1 atom stereocenters. The van der Waals surface area contributed by atoms with E-state index < -0.39 is 0 Å². The molecule has 1 aliphatic rings. The lowest BCUT2D eigenvalue weighted by Crippen LogP contribution is -2.34. The second-order valence-electron chi connectivity index (χ2n) is 5.45. The highest BCUT2D eigenvalue weighted by Crippen LogP contribution is 2.10. The molecule has 0 unspecified atom stereocenters. The Morgan fingerprint density at radius 1 is 1.56 bits per heavy atom. The summed E-state index contributed by atoms with van der Waals surface area (Å²) >= 11 is 0. The molecule has 0 saturated carbocycles. The van der Waals surface area contributed by atoms with Crippen LogP contribution in [0.5, 0.6) is 0 Å². The van der Waals surface area contributed by atoms with Crippen molar-refractivity contribution in [2.24, 2.45) is 5.92 Å². The number of H-pyrrole nitrogens is 1. The predicted molar refractivity (Wildman–Crippen MR) is 71.5 cm³/mol. The van der Waals surface area contributed by atoms with Crippen LogP contribution in [-0.4, -0.2) is 66.7 Å². The molecule has 0 spiro atoms. The Hall–Kier alpha value is -0.910. The van der Waals surface area contributed by atoms with Gasteiger partial charge in [0.25, 0.3) is 0 Å². The number of aromatic nitrogens is 2. The SMILES string of the molecule is Cc1cnc(CN2CCOC[C@H](CN(C)C)C2)[nH]1. The molecule has 0 aliphatic carbocycles. The first-order valence-electron chi connectivity index (χ1n) is 6.59. The number of aromatic amines is 1. The molecule has 18 heavy (non-hydrogen) atoms. The van der Waals surface area contributed by atoms with Crippen molar-refractivity contribution in [1.82, 2.24) is 19.8 Å². The van der Waals surface area contributed by atoms with Gasteiger partial charge in [0.1, 0.15) is 5.82 Å². The van der Waals surface area contributed by atoms with Crippen molar-refractivity contribution >= 4 is 0 Å². The van der Waals surface area contributed by atoms with E-state index >= 15 is 0 Å². The van der Waals surface area contributed by atoms with Crippen LogP contribution < -0.4 is 0 Å². The van der Waals surface area contributed by atoms with Crippen LogP contribution in [0.15, 0.2) is 6.20 Å². The molecule has 1 aromatic rings. The zero-order chi connectivity index (χ0) is 13.0. The maximum absolute atomic E-state index is 5.68. The van der Waals surface area contributed by atoms with Crippen LogP contribution in [0.1, 0.15) is 11.5 Å². The van der Waals surface area contributed by atoms with E-state index in [0.717, 1.165) is 50.9 Å². The summed E-state index contributed by atoms with van der Waals surface area (Å²) in [6, 6.07) is 0. The first-order valence-corrected chi connectivity index (χ1v) is 6.59. The van der Waals surface area contributed by atoms with Gasteiger partial charge in [-0.3, -0.25) is 4.90 Å². The molecule has 2 rings (SSSR count). The lowest BCUT2D eigenvalue weighted by atomic mass is 10.1. The van der Waals surface area contributed by atoms with Crippen LogP contribution in [0.25, 0.3) is 0 Å². The van der Waals surface area contributed by atoms with Gasteiger partial charge < -0.3 is 14.6 Å². The lowest BCUT2D eigenvalue weighted by molar-refractivity contribution is 0.112. The fraction of sp³-hybridized carbons (Fsp3) is 0.769. The Bertz CT molecular complexity index is 364. The minimum atomic E-state index is 0.582. The van der Waals surface area contributed by atoms with Crippen LogP contribution in [0, 0.1) is 12.8 Å². The Kier molecular flexibility index (Phi) is 4.74. The Balaban J connectivity index is 1.90. The number of aryl methyl sites for hydroxylation is 1. The van der Waals surface area contributed by atoms with E-state index in [2.05, 4.69) is 33.9 Å². The maximum Gasteiger partial charge on any atom is 0.120 e. The summed E-state index contributed by atoms with van der Waals surface area (Å²) in [5, 5.41) is 0. The molecule has 5 nitrogen and oxygen atoms in total. The monoisotopic (exact) mass is 252 g/mol. The number of hydrogen-bond acceptors (Lipinski definition) is 4. The van der Waals surface area contributed by atoms with E-state index in [9.17, 15) is 0 Å². The molecule has 0 amide bonds. The number of ether oxygens (including phenoxy) is 1. The maximum atomic E-state index is 5.68. The molecule has 1 fully saturated rings. The van der Waals surface area contributed by atoms with Crippen molar-refractivity contribution in [2.45, 2.75) is 13.5 Å². The smallest absolute Gasteiger partial charge is 0.120 e. The van der Waals surface area contributed by atoms with Crippen molar-refractivity contribution in [3.63, 3.8) is 0 Å². The van der Waals surface area contributed by atoms with E-state index in [1.807, 2.05) is 13.1 Å². The van der Waals surface area contributed by atoms with Crippen molar-refractivity contribution in [3.8, 4) is 0 Å². The topological polar surface area (TPSA) is 44.4 Å². The quantitative estimate of drug-likeness (QED) is 0.858. The zero-order valence-corrected chi connectivity index (χ0v) is 11.6. The molecule has 1 aliphatic heterocycles. The fourth-order valence-electron chi connectivity index (χ4n) is 2.48. The number of imidazole rings is 1. The normalized spacial score (nSPS) is 22.3. The molecule has 1 N–H and O–H groups in total. The van der Waals surface area contributed by atoms with Gasteiger partial charge in [-0.1, -0.05) is 0 Å². The second-order valence-corrected chi connectivity index (χ2v) is 5.45. The van der Waals surface area contributed by atoms with Crippen LogP contribution in [0.2, 0.25) is 0 Å². The zero-order valence-electron chi connectivity index (χ0n) is 11.6. The van der Waals surface area contributed by atoms with Crippen LogP contribution >= 0.6 is 0 Å². The predicted octanol–water partition coefficient (Wildman–Crippen LogP) is 0.728. The average Bonchev–Trinajstić information content (AvgIpc) is 2.56. The van der Waals surface area contributed by atoms with Gasteiger partial charge in [-0.15, -0.1) is 0 Å². The third-order valence-electron chi connectivity index (χ3n) is 3.17. The summed E-state index contributed by atoms with van der Waals surface area (Å²) in [5.74, 6) is 1.64. The van der Waals surface area contributed by atoms with Gasteiger partial charge in [0.2, 0.25) is 0 Å². The van der Waals surface area contributed by atoms with Gasteiger partial charge >= 0.3 is 0 Å². The summed E-state index contributed by atoms with van der Waals surface area (Å²) in [7, 11) is 4.23. The minimum Gasteiger partial charge on any atom is -0.380 e. The van der Waals surface area contributed by atoms with E-state index in [-0.39, 0.29) is 0 Å². The van der Waals surface area contributed by atoms with Crippen LogP contribution in [0.3, 0.4) is 0 Å². The van der Waals surface area contributed by atoms with Crippen molar-refractivity contribution < 1.29 is 4.74 Å². The molecule has 2 heterocycles. The Morgan fingerprint density at radius 3 is 3.06 bits per heavy atom. The van der Waals surface area contributed by atoms with Gasteiger partial charge in [0.15, 0.2) is 0 Å². The summed E-state index contributed by atoms with van der Waals surface area (Å²) in [4.78, 5) is 12.3. The molecule has 0 bridgehead atoms. The van der Waals surface area contributed by atoms with Gasteiger partial charge in [-0.2, -0.15) is 0 Å². The van der Waals surface area contributed by atoms with Crippen LogP contribution in [-0.2, 0) is 11.3 Å². The fourth-order valence-corrected chi connectivity index (χ4v) is 2.48. The van der Waals surface area contributed by atoms with E-state index in [0.29, 0.717) is 5.92 Å². The first kappa shape index (κ1) is 13.5. The minimum absolute atomic E-state index is 0.582. The highest BCUT2D eigenvalue weighted by Gasteiger charge is 2.19. The van der Waals surface area contributed by atoms with Gasteiger partial charge in [-0.05, 0) is 21.0 Å². The summed E-state index contributed by atoms with van der Waals surface area (Å²) in [6.45, 7) is 7.77. The molecule has 1 aromatic heterocycles. The van der Waals surface area contributed by atoms with Gasteiger partial charge in [-0.25, -0.2) is 4.98 Å². The Labute approximate surface area is 109 Å². The molecule has 0 aromatic carbocycles. The molecular weight excluding hydrogens is 228 g/mol. The standard InChI is InChI=1S/C13H24N4O/c1-11-6-14-13(15-11)9-17-4-5-18-10-12(8-17)7-16(2)3/h6,12H,4-5,7-10H2,1-3H3,(H,14,15)/t12-/m1/s1. The van der Waals surface area contributed by atoms with Crippen molar-refractivity contribution in [3.05, 3.63) is 17.7 Å². The van der Waals surface area contributed by atoms with Gasteiger partial charge in [0, 0.05) is 37.4 Å². The molecule has 0 radical (unpaired) electrons. The van der Waals surface area contributed by atoms with E-state index in [1.54, 1.807) is 0 Å². The molecule has 5 heteroatoms. The molecule has 1 saturated heterocycles. The van der Waals surface area contributed by atoms with Crippen LogP contribution in [0.4, 0.5) is 0 Å². The molecular formula is C13H24N4O. The third kappa shape index (κ3) is 4.08. The molecule has 102 valence electrons. The summed E-state index contributed by atoms with van der Waals surface area (Å²) in [5.41, 5.74) is 1.13. The number of nitrogens with zero attached hydrogens (tertiary/aromatic N) is 3. The third-order valence-corrected chi connectivity index (χ3v) is 3.17. The number of hydrogen-bond donors (Lipinski definition) is 1. The number of nitrogens with one attached hydrogen (secondary N) is 1. The van der Waals surface area contributed by atoms with E-state index in [1.165, 1.54) is 0 Å². The second kappa shape index (κ2) is 6.31. The largest absolute Gasteiger partial charge is 0.380 e. The van der Waals surface area contributed by atoms with Crippen molar-refractivity contribution in [2.75, 3.05) is 46.9 Å². The first-order chi connectivity index (χ1) is 8.63. The average molecular weight is 252 g/mol. The Morgan fingerprint density at radius 2 is 2.39 bits per heavy atom. The highest BCUT2D eigenvalue weighted by atomic mass is 16.5.